The highest BCUT2D eigenvalue weighted by atomic mass is 16.5. The first-order chi connectivity index (χ1) is 11.6. The number of piperidine rings is 1. The van der Waals surface area contributed by atoms with E-state index in [4.69, 9.17) is 4.74 Å². The molecule has 2 heterocycles. The molecule has 0 aromatic carbocycles. The van der Waals surface area contributed by atoms with Crippen molar-refractivity contribution < 1.29 is 14.3 Å². The van der Waals surface area contributed by atoms with Gasteiger partial charge in [-0.25, -0.2) is 0 Å². The normalized spacial score (nSPS) is 27.0. The number of nitrogens with zero attached hydrogens (tertiary/aromatic N) is 3. The van der Waals surface area contributed by atoms with Crippen LogP contribution in [0.25, 0.3) is 0 Å². The number of amides is 2. The van der Waals surface area contributed by atoms with Crippen LogP contribution in [0.2, 0.25) is 0 Å². The van der Waals surface area contributed by atoms with Gasteiger partial charge in [0.2, 0.25) is 11.8 Å². The molecule has 2 amide bonds. The van der Waals surface area contributed by atoms with Gasteiger partial charge in [0.05, 0.1) is 12.0 Å². The molecule has 1 saturated carbocycles. The number of hydrogen-bond acceptors (Lipinski definition) is 4. The number of likely N-dealkylation sites (tertiary alicyclic amines) is 1. The summed E-state index contributed by atoms with van der Waals surface area (Å²) in [7, 11) is 3.46. The van der Waals surface area contributed by atoms with Gasteiger partial charge in [-0.15, -0.1) is 0 Å². The van der Waals surface area contributed by atoms with Crippen molar-refractivity contribution in [2.45, 2.75) is 44.6 Å². The Kier molecular flexibility index (Phi) is 4.89. The molecular formula is C17H26N4O3. The van der Waals surface area contributed by atoms with E-state index in [-0.39, 0.29) is 17.9 Å². The van der Waals surface area contributed by atoms with Gasteiger partial charge in [0, 0.05) is 45.4 Å². The number of rotatable bonds is 5. The van der Waals surface area contributed by atoms with Gasteiger partial charge in [-0.1, -0.05) is 12.8 Å². The lowest BCUT2D eigenvalue weighted by atomic mass is 9.64. The third-order valence-corrected chi connectivity index (χ3v) is 5.41. The summed E-state index contributed by atoms with van der Waals surface area (Å²) in [5.41, 5.74) is -0.503. The third kappa shape index (κ3) is 3.05. The Morgan fingerprint density at radius 1 is 1.46 bits per heavy atom. The van der Waals surface area contributed by atoms with Gasteiger partial charge < -0.3 is 15.0 Å². The molecular weight excluding hydrogens is 308 g/mol. The smallest absolute Gasteiger partial charge is 0.233 e. The van der Waals surface area contributed by atoms with Crippen molar-refractivity contribution in [2.24, 2.45) is 12.5 Å². The van der Waals surface area contributed by atoms with Crippen LogP contribution in [-0.4, -0.2) is 52.8 Å². The molecule has 1 aromatic rings. The Morgan fingerprint density at radius 2 is 2.29 bits per heavy atom. The second-order valence-corrected chi connectivity index (χ2v) is 6.83. The first-order valence-electron chi connectivity index (χ1n) is 8.66. The zero-order valence-corrected chi connectivity index (χ0v) is 14.5. The van der Waals surface area contributed by atoms with Gasteiger partial charge >= 0.3 is 0 Å². The minimum atomic E-state index is -0.503. The Labute approximate surface area is 142 Å². The summed E-state index contributed by atoms with van der Waals surface area (Å²) in [6.45, 7) is 1.05. The van der Waals surface area contributed by atoms with Gasteiger partial charge in [0.25, 0.3) is 0 Å². The summed E-state index contributed by atoms with van der Waals surface area (Å²) < 4.78 is 6.82. The number of fused-ring (bicyclic) bond motifs is 1. The van der Waals surface area contributed by atoms with Crippen molar-refractivity contribution in [1.29, 1.82) is 0 Å². The van der Waals surface area contributed by atoms with E-state index < -0.39 is 5.41 Å². The molecule has 132 valence electrons. The van der Waals surface area contributed by atoms with Crippen LogP contribution in [0.3, 0.4) is 0 Å². The van der Waals surface area contributed by atoms with Gasteiger partial charge in [0.15, 0.2) is 5.82 Å². The van der Waals surface area contributed by atoms with Crippen LogP contribution in [0.4, 0.5) is 5.82 Å². The van der Waals surface area contributed by atoms with Gasteiger partial charge in [-0.3, -0.25) is 14.3 Å². The zero-order valence-electron chi connectivity index (χ0n) is 14.5. The summed E-state index contributed by atoms with van der Waals surface area (Å²) in [6, 6.07) is 1.76. The topological polar surface area (TPSA) is 76.5 Å². The van der Waals surface area contributed by atoms with Gasteiger partial charge in [0.1, 0.15) is 0 Å². The van der Waals surface area contributed by atoms with E-state index in [1.807, 2.05) is 11.9 Å². The van der Waals surface area contributed by atoms with Crippen LogP contribution in [-0.2, 0) is 21.4 Å². The quantitative estimate of drug-likeness (QED) is 0.886. The number of ether oxygens (including phenoxy) is 1. The first kappa shape index (κ1) is 17.0. The summed E-state index contributed by atoms with van der Waals surface area (Å²) in [5.74, 6) is 0.711. The Morgan fingerprint density at radius 3 is 3.00 bits per heavy atom. The Balaban J connectivity index is 1.83. The van der Waals surface area contributed by atoms with Gasteiger partial charge in [-0.2, -0.15) is 5.10 Å². The second kappa shape index (κ2) is 6.93. The van der Waals surface area contributed by atoms with Crippen molar-refractivity contribution in [1.82, 2.24) is 14.7 Å². The summed E-state index contributed by atoms with van der Waals surface area (Å²) in [4.78, 5) is 27.4. The molecule has 0 spiro atoms. The van der Waals surface area contributed by atoms with Crippen molar-refractivity contribution in [3.8, 4) is 0 Å². The highest BCUT2D eigenvalue weighted by molar-refractivity contribution is 5.96. The van der Waals surface area contributed by atoms with Crippen molar-refractivity contribution in [2.75, 3.05) is 25.6 Å². The van der Waals surface area contributed by atoms with Crippen molar-refractivity contribution >= 4 is 17.6 Å². The lowest BCUT2D eigenvalue weighted by molar-refractivity contribution is -0.153. The lowest BCUT2D eigenvalue weighted by Crippen LogP contribution is -2.61. The summed E-state index contributed by atoms with van der Waals surface area (Å²) in [5, 5.41) is 7.22. The van der Waals surface area contributed by atoms with Crippen LogP contribution in [0.15, 0.2) is 12.3 Å². The van der Waals surface area contributed by atoms with Crippen LogP contribution < -0.4 is 5.32 Å². The molecule has 1 aliphatic carbocycles. The number of nitrogens with one attached hydrogen (secondary N) is 1. The molecule has 1 saturated heterocycles. The molecule has 2 atom stereocenters. The largest absolute Gasteiger partial charge is 0.383 e. The fraction of sp³-hybridized carbons (Fsp3) is 0.706. The minimum absolute atomic E-state index is 0.000756. The third-order valence-electron chi connectivity index (χ3n) is 5.41. The molecule has 3 rings (SSSR count). The SMILES string of the molecule is COCCN1C(=O)CC[C@]2(C(=O)Nc3ccn(C)n3)CCCC[C@@H]12. The van der Waals surface area contributed by atoms with Crippen molar-refractivity contribution in [3.05, 3.63) is 12.3 Å². The van der Waals surface area contributed by atoms with E-state index in [0.29, 0.717) is 31.8 Å². The molecule has 1 aliphatic heterocycles. The molecule has 0 radical (unpaired) electrons. The number of anilines is 1. The number of aryl methyl sites for hydroxylation is 1. The van der Waals surface area contributed by atoms with E-state index in [1.165, 1.54) is 0 Å². The summed E-state index contributed by atoms with van der Waals surface area (Å²) in [6.07, 6.45) is 6.64. The maximum atomic E-state index is 13.1. The number of carbonyl (C=O) groups is 2. The van der Waals surface area contributed by atoms with E-state index in [9.17, 15) is 9.59 Å². The van der Waals surface area contributed by atoms with Gasteiger partial charge in [-0.05, 0) is 19.3 Å². The number of carbonyl (C=O) groups excluding carboxylic acids is 2. The average molecular weight is 334 g/mol. The standard InChI is InChI=1S/C17H26N4O3/c1-20-10-7-14(19-20)18-16(23)17-8-4-3-5-13(17)21(11-12-24-2)15(22)6-9-17/h7,10,13H,3-6,8-9,11-12H2,1-2H3,(H,18,19,23)/t13-,17-/m1/s1. The van der Waals surface area contributed by atoms with E-state index in [2.05, 4.69) is 10.4 Å². The summed E-state index contributed by atoms with van der Waals surface area (Å²) >= 11 is 0. The molecule has 0 bridgehead atoms. The number of hydrogen-bond donors (Lipinski definition) is 1. The zero-order chi connectivity index (χ0) is 17.2. The molecule has 2 aliphatic rings. The fourth-order valence-corrected chi connectivity index (χ4v) is 4.19. The lowest BCUT2D eigenvalue weighted by Gasteiger charge is -2.51. The fourth-order valence-electron chi connectivity index (χ4n) is 4.19. The number of aromatic nitrogens is 2. The molecule has 7 heteroatoms. The molecule has 1 aromatic heterocycles. The monoisotopic (exact) mass is 334 g/mol. The maximum Gasteiger partial charge on any atom is 0.233 e. The van der Waals surface area contributed by atoms with Crippen LogP contribution in [0, 0.1) is 5.41 Å². The van der Waals surface area contributed by atoms with E-state index in [1.54, 1.807) is 24.1 Å². The van der Waals surface area contributed by atoms with Crippen molar-refractivity contribution in [3.63, 3.8) is 0 Å². The number of methoxy groups -OCH3 is 1. The predicted molar refractivity (Wildman–Crippen MR) is 89.3 cm³/mol. The molecule has 2 fully saturated rings. The molecule has 1 N–H and O–H groups in total. The predicted octanol–water partition coefficient (Wildman–Crippen LogP) is 1.56. The maximum absolute atomic E-state index is 13.1. The molecule has 0 unspecified atom stereocenters. The Bertz CT molecular complexity index is 615. The second-order valence-electron chi connectivity index (χ2n) is 6.83. The first-order valence-corrected chi connectivity index (χ1v) is 8.66. The average Bonchev–Trinajstić information content (AvgIpc) is 2.99. The van der Waals surface area contributed by atoms with E-state index in [0.717, 1.165) is 25.7 Å². The van der Waals surface area contributed by atoms with Crippen LogP contribution in [0.1, 0.15) is 38.5 Å². The Hall–Kier alpha value is -1.89. The van der Waals surface area contributed by atoms with E-state index >= 15 is 0 Å². The van der Waals surface area contributed by atoms with Crippen LogP contribution in [0.5, 0.6) is 0 Å². The highest BCUT2D eigenvalue weighted by Crippen LogP contribution is 2.47. The van der Waals surface area contributed by atoms with Crippen LogP contribution >= 0.6 is 0 Å². The molecule has 24 heavy (non-hydrogen) atoms. The minimum Gasteiger partial charge on any atom is -0.383 e. The molecule has 7 nitrogen and oxygen atoms in total. The highest BCUT2D eigenvalue weighted by Gasteiger charge is 2.53.